The van der Waals surface area contributed by atoms with Crippen molar-refractivity contribution in [2.24, 2.45) is 51.8 Å². The van der Waals surface area contributed by atoms with Crippen molar-refractivity contribution in [3.05, 3.63) is 41.5 Å². The van der Waals surface area contributed by atoms with Crippen LogP contribution in [0.2, 0.25) is 0 Å². The van der Waals surface area contributed by atoms with Gasteiger partial charge in [0, 0.05) is 5.41 Å². The van der Waals surface area contributed by atoms with E-state index in [0.717, 1.165) is 44.1 Å². The van der Waals surface area contributed by atoms with Crippen LogP contribution in [0.25, 0.3) is 0 Å². The Morgan fingerprint density at radius 1 is 1.03 bits per heavy atom. The number of aliphatic carboxylic acids is 1. The number of amides is 2. The molecule has 36 heavy (non-hydrogen) atoms. The molecule has 0 radical (unpaired) electrons. The highest BCUT2D eigenvalue weighted by molar-refractivity contribution is 6.23. The van der Waals surface area contributed by atoms with Gasteiger partial charge in [-0.05, 0) is 87.2 Å². The predicted octanol–water partition coefficient (Wildman–Crippen LogP) is 6.01. The van der Waals surface area contributed by atoms with Gasteiger partial charge in [-0.2, -0.15) is 0 Å². The monoisotopic (exact) mass is 489 g/mol. The highest BCUT2D eigenvalue weighted by Gasteiger charge is 2.73. The summed E-state index contributed by atoms with van der Waals surface area (Å²) in [5, 5.41) is 10.3. The summed E-state index contributed by atoms with van der Waals surface area (Å²) in [6.07, 6.45) is 7.58. The fraction of sp³-hybridized carbons (Fsp3) is 0.645. The summed E-state index contributed by atoms with van der Waals surface area (Å²) in [4.78, 5) is 42.3. The van der Waals surface area contributed by atoms with Gasteiger partial charge in [-0.15, -0.1) is 0 Å². The molecule has 1 aliphatic heterocycles. The molecule has 8 atom stereocenters. The molecule has 6 aliphatic rings. The lowest BCUT2D eigenvalue weighted by Crippen LogP contribution is -2.65. The third-order valence-corrected chi connectivity index (χ3v) is 11.5. The van der Waals surface area contributed by atoms with Crippen molar-refractivity contribution in [2.45, 2.75) is 73.1 Å². The summed E-state index contributed by atoms with van der Waals surface area (Å²) in [7, 11) is 0. The first-order valence-corrected chi connectivity index (χ1v) is 13.9. The first-order valence-electron chi connectivity index (χ1n) is 13.9. The highest BCUT2D eigenvalue weighted by atomic mass is 16.4. The molecule has 1 aromatic carbocycles. The number of nitrogens with zero attached hydrogens (tertiary/aromatic N) is 1. The summed E-state index contributed by atoms with van der Waals surface area (Å²) in [5.74, 6) is -0.679. The Balaban J connectivity index is 1.49. The zero-order valence-corrected chi connectivity index (χ0v) is 22.2. The zero-order chi connectivity index (χ0) is 25.8. The fourth-order valence-electron chi connectivity index (χ4n) is 9.91. The molecule has 1 N–H and O–H groups in total. The molecular formula is C31H39NO4. The lowest BCUT2D eigenvalue weighted by atomic mass is 9.34. The summed E-state index contributed by atoms with van der Waals surface area (Å²) in [6, 6.07) is 7.72. The maximum Gasteiger partial charge on any atom is 0.309 e. The molecule has 2 amide bonds. The Bertz CT molecular complexity index is 1180. The Morgan fingerprint density at radius 3 is 2.36 bits per heavy atom. The average Bonchev–Trinajstić information content (AvgIpc) is 3.11. The Hall–Kier alpha value is -2.43. The Morgan fingerprint density at radius 2 is 1.72 bits per heavy atom. The molecule has 4 fully saturated rings. The Kier molecular flexibility index (Phi) is 5.02. The van der Waals surface area contributed by atoms with Crippen LogP contribution in [0.3, 0.4) is 0 Å². The molecule has 5 nitrogen and oxygen atoms in total. The predicted molar refractivity (Wildman–Crippen MR) is 138 cm³/mol. The van der Waals surface area contributed by atoms with Gasteiger partial charge < -0.3 is 5.11 Å². The standard InChI is InChI=1S/C31H39NO4/c1-17(2)21-16-31-14-11-22-29(4,12-6-13-30(22,5)28(35)36)23(31)15-20(21)24-25(31)27(34)32(26(24)33)19-9-7-18(3)8-10-19/h7-10,16-17,20,22-25H,6,11-15H2,1-5H3,(H,35,36)/t20-,22-,23+,24+,25+,29+,30-,31-/m0/s1. The van der Waals surface area contributed by atoms with Crippen LogP contribution < -0.4 is 4.90 Å². The second-order valence-corrected chi connectivity index (χ2v) is 13.3. The molecule has 3 saturated carbocycles. The van der Waals surface area contributed by atoms with Gasteiger partial charge in [0.1, 0.15) is 0 Å². The van der Waals surface area contributed by atoms with E-state index < -0.39 is 11.4 Å². The maximum absolute atomic E-state index is 14.2. The largest absolute Gasteiger partial charge is 0.481 e. The van der Waals surface area contributed by atoms with Crippen molar-refractivity contribution in [3.63, 3.8) is 0 Å². The van der Waals surface area contributed by atoms with Crippen LogP contribution in [0.5, 0.6) is 0 Å². The van der Waals surface area contributed by atoms with E-state index in [-0.39, 0.29) is 52.2 Å². The van der Waals surface area contributed by atoms with Crippen molar-refractivity contribution in [1.82, 2.24) is 0 Å². The first kappa shape index (κ1) is 23.9. The van der Waals surface area contributed by atoms with E-state index in [1.807, 2.05) is 38.1 Å². The minimum atomic E-state index is -0.723. The van der Waals surface area contributed by atoms with Crippen LogP contribution in [0.15, 0.2) is 35.9 Å². The van der Waals surface area contributed by atoms with Gasteiger partial charge in [0.05, 0.1) is 22.9 Å². The average molecular weight is 490 g/mol. The van der Waals surface area contributed by atoms with Gasteiger partial charge in [0.2, 0.25) is 11.8 Å². The van der Waals surface area contributed by atoms with Gasteiger partial charge in [0.15, 0.2) is 0 Å². The van der Waals surface area contributed by atoms with Crippen LogP contribution in [0, 0.1) is 58.7 Å². The van der Waals surface area contributed by atoms with Crippen molar-refractivity contribution in [1.29, 1.82) is 0 Å². The number of fused-ring (bicyclic) bond motifs is 1. The third kappa shape index (κ3) is 2.80. The van der Waals surface area contributed by atoms with E-state index in [0.29, 0.717) is 11.6 Å². The molecule has 5 aliphatic carbocycles. The van der Waals surface area contributed by atoms with Crippen molar-refractivity contribution in [2.75, 3.05) is 4.90 Å². The van der Waals surface area contributed by atoms with Gasteiger partial charge in [-0.3, -0.25) is 19.3 Å². The van der Waals surface area contributed by atoms with E-state index >= 15 is 0 Å². The molecule has 5 heteroatoms. The van der Waals surface area contributed by atoms with E-state index in [1.54, 1.807) is 0 Å². The Labute approximate surface area is 214 Å². The number of benzene rings is 1. The smallest absolute Gasteiger partial charge is 0.309 e. The summed E-state index contributed by atoms with van der Waals surface area (Å²) in [6.45, 7) is 10.7. The fourth-order valence-corrected chi connectivity index (χ4v) is 9.91. The number of hydrogen-bond donors (Lipinski definition) is 1. The summed E-state index contributed by atoms with van der Waals surface area (Å²) in [5.41, 5.74) is 1.89. The second-order valence-electron chi connectivity index (χ2n) is 13.3. The number of hydrogen-bond acceptors (Lipinski definition) is 3. The van der Waals surface area contributed by atoms with Crippen molar-refractivity contribution >= 4 is 23.5 Å². The van der Waals surface area contributed by atoms with Gasteiger partial charge in [0.25, 0.3) is 0 Å². The van der Waals surface area contributed by atoms with Gasteiger partial charge in [-0.25, -0.2) is 0 Å². The molecule has 1 spiro atoms. The van der Waals surface area contributed by atoms with Crippen LogP contribution in [-0.2, 0) is 14.4 Å². The number of imide groups is 1. The molecule has 7 rings (SSSR count). The number of carboxylic acids is 1. The zero-order valence-electron chi connectivity index (χ0n) is 22.2. The lowest BCUT2D eigenvalue weighted by Gasteiger charge is -2.68. The quantitative estimate of drug-likeness (QED) is 0.417. The minimum absolute atomic E-state index is 0.0331. The van der Waals surface area contributed by atoms with Crippen molar-refractivity contribution in [3.8, 4) is 0 Å². The van der Waals surface area contributed by atoms with Gasteiger partial charge >= 0.3 is 5.97 Å². The molecule has 2 bridgehead atoms. The van der Waals surface area contributed by atoms with Crippen LogP contribution in [0.4, 0.5) is 5.69 Å². The summed E-state index contributed by atoms with van der Waals surface area (Å²) < 4.78 is 0. The van der Waals surface area contributed by atoms with Crippen LogP contribution in [0.1, 0.15) is 71.8 Å². The normalized spacial score (nSPS) is 43.2. The number of rotatable bonds is 3. The topological polar surface area (TPSA) is 74.7 Å². The third-order valence-electron chi connectivity index (χ3n) is 11.5. The first-order chi connectivity index (χ1) is 17.0. The summed E-state index contributed by atoms with van der Waals surface area (Å²) >= 11 is 0. The van der Waals surface area contributed by atoms with Crippen molar-refractivity contribution < 1.29 is 19.5 Å². The number of carbonyl (C=O) groups excluding carboxylic acids is 2. The van der Waals surface area contributed by atoms with Crippen LogP contribution >= 0.6 is 0 Å². The molecule has 1 aromatic rings. The number of anilines is 1. The molecule has 192 valence electrons. The second kappa shape index (κ2) is 7.55. The lowest BCUT2D eigenvalue weighted by molar-refractivity contribution is -0.194. The van der Waals surface area contributed by atoms with E-state index in [2.05, 4.69) is 26.8 Å². The molecule has 1 heterocycles. The number of aryl methyl sites for hydroxylation is 1. The van der Waals surface area contributed by atoms with E-state index in [1.165, 1.54) is 10.5 Å². The number of carbonyl (C=O) groups is 3. The van der Waals surface area contributed by atoms with E-state index in [4.69, 9.17) is 0 Å². The highest BCUT2D eigenvalue weighted by Crippen LogP contribution is 2.74. The van der Waals surface area contributed by atoms with Gasteiger partial charge in [-0.1, -0.05) is 56.5 Å². The van der Waals surface area contributed by atoms with Crippen LogP contribution in [-0.4, -0.2) is 22.9 Å². The maximum atomic E-state index is 14.2. The minimum Gasteiger partial charge on any atom is -0.481 e. The molecular weight excluding hydrogens is 450 g/mol. The molecule has 0 aromatic heterocycles. The number of carboxylic acid groups (broad SMARTS) is 1. The SMILES string of the molecule is Cc1ccc(N2C(=O)[C@@H]3[C@H]4C[C@@H]5[C@]6(C)CCC[C@](C)(C(=O)O)[C@H]6CC[C@@]5(C=C4C(C)C)[C@H]3C2=O)cc1. The number of allylic oxidation sites excluding steroid dienone is 2. The molecule has 0 unspecified atom stereocenters. The molecule has 1 saturated heterocycles. The van der Waals surface area contributed by atoms with E-state index in [9.17, 15) is 19.5 Å².